The van der Waals surface area contributed by atoms with E-state index < -0.39 is 0 Å². The highest BCUT2D eigenvalue weighted by Crippen LogP contribution is 2.34. The predicted molar refractivity (Wildman–Crippen MR) is 120 cm³/mol. The highest BCUT2D eigenvalue weighted by Gasteiger charge is 2.26. The van der Waals surface area contributed by atoms with E-state index in [1.54, 1.807) is 7.11 Å². The molecular weight excluding hydrogens is 386 g/mol. The van der Waals surface area contributed by atoms with Crippen molar-refractivity contribution in [3.8, 4) is 11.5 Å². The van der Waals surface area contributed by atoms with Crippen LogP contribution in [0.1, 0.15) is 30.9 Å². The predicted octanol–water partition coefficient (Wildman–Crippen LogP) is 5.51. The summed E-state index contributed by atoms with van der Waals surface area (Å²) in [6, 6.07) is 14.8. The first kappa shape index (κ1) is 21.5. The van der Waals surface area contributed by atoms with E-state index in [1.165, 1.54) is 22.9 Å². The molecule has 0 amide bonds. The molecule has 1 atom stereocenters. The van der Waals surface area contributed by atoms with E-state index in [1.807, 2.05) is 36.6 Å². The van der Waals surface area contributed by atoms with Gasteiger partial charge in [-0.15, -0.1) is 12.4 Å². The standard InChI is InChI=1S/C24H29NO3.ClH/c1-3-25(19-15-21-22(26-2)12-8-13-24(21)28-17-19)14-7-6-9-18-16-27-23-11-5-4-10-20(18)23;/h4-5,8,10-13,16,19H,3,6-7,9,14-15,17H2,1-2H3;1H. The SMILES string of the molecule is CCN(CCCCc1coc2ccccc12)C1COc2cccc(OC)c2C1.Cl. The number of rotatable bonds is 8. The number of hydrogen-bond acceptors (Lipinski definition) is 4. The number of aryl methyl sites for hydroxylation is 1. The molecule has 4 nitrogen and oxygen atoms in total. The Kier molecular flexibility index (Phi) is 7.45. The Morgan fingerprint density at radius 3 is 2.79 bits per heavy atom. The first-order valence-electron chi connectivity index (χ1n) is 10.3. The van der Waals surface area contributed by atoms with Crippen LogP contribution in [-0.4, -0.2) is 37.7 Å². The van der Waals surface area contributed by atoms with Gasteiger partial charge < -0.3 is 13.9 Å². The molecule has 1 aliphatic rings. The van der Waals surface area contributed by atoms with Gasteiger partial charge in [0.05, 0.1) is 13.4 Å². The first-order valence-corrected chi connectivity index (χ1v) is 10.3. The van der Waals surface area contributed by atoms with Crippen molar-refractivity contribution in [3.05, 3.63) is 59.9 Å². The maximum absolute atomic E-state index is 6.04. The lowest BCUT2D eigenvalue weighted by Crippen LogP contribution is -2.43. The number of methoxy groups -OCH3 is 1. The minimum absolute atomic E-state index is 0. The fourth-order valence-corrected chi connectivity index (χ4v) is 4.24. The van der Waals surface area contributed by atoms with Crippen LogP contribution in [0.5, 0.6) is 11.5 Å². The van der Waals surface area contributed by atoms with Crippen LogP contribution in [0.25, 0.3) is 11.0 Å². The van der Waals surface area contributed by atoms with Gasteiger partial charge in [-0.25, -0.2) is 0 Å². The van der Waals surface area contributed by atoms with Crippen molar-refractivity contribution in [2.45, 2.75) is 38.6 Å². The van der Waals surface area contributed by atoms with Crippen molar-refractivity contribution in [3.63, 3.8) is 0 Å². The molecule has 3 aromatic rings. The normalized spacial score (nSPS) is 15.6. The third-order valence-electron chi connectivity index (χ3n) is 5.81. The van der Waals surface area contributed by atoms with E-state index in [9.17, 15) is 0 Å². The van der Waals surface area contributed by atoms with Gasteiger partial charge in [0, 0.05) is 17.0 Å². The van der Waals surface area contributed by atoms with Gasteiger partial charge in [-0.1, -0.05) is 31.2 Å². The van der Waals surface area contributed by atoms with Crippen LogP contribution in [0.15, 0.2) is 53.1 Å². The van der Waals surface area contributed by atoms with E-state index in [2.05, 4.69) is 24.0 Å². The smallest absolute Gasteiger partial charge is 0.134 e. The molecular formula is C24H30ClNO3. The highest BCUT2D eigenvalue weighted by atomic mass is 35.5. The van der Waals surface area contributed by atoms with E-state index in [-0.39, 0.29) is 12.4 Å². The maximum Gasteiger partial charge on any atom is 0.134 e. The molecule has 29 heavy (non-hydrogen) atoms. The van der Waals surface area contributed by atoms with Gasteiger partial charge in [0.2, 0.25) is 0 Å². The molecule has 0 N–H and O–H groups in total. The zero-order valence-corrected chi connectivity index (χ0v) is 18.0. The molecule has 0 spiro atoms. The van der Waals surface area contributed by atoms with Gasteiger partial charge in [0.1, 0.15) is 23.7 Å². The fourth-order valence-electron chi connectivity index (χ4n) is 4.24. The molecule has 1 aromatic heterocycles. The van der Waals surface area contributed by atoms with Crippen LogP contribution in [0.3, 0.4) is 0 Å². The third kappa shape index (κ3) is 4.71. The molecule has 2 aromatic carbocycles. The van der Waals surface area contributed by atoms with E-state index in [4.69, 9.17) is 13.9 Å². The Labute approximate surface area is 179 Å². The lowest BCUT2D eigenvalue weighted by atomic mass is 9.99. The summed E-state index contributed by atoms with van der Waals surface area (Å²) in [6.45, 7) is 5.11. The average Bonchev–Trinajstić information content (AvgIpc) is 3.16. The molecule has 0 radical (unpaired) electrons. The zero-order valence-electron chi connectivity index (χ0n) is 17.2. The third-order valence-corrected chi connectivity index (χ3v) is 5.81. The van der Waals surface area contributed by atoms with Gasteiger partial charge in [-0.05, 0) is 62.5 Å². The Bertz CT molecular complexity index is 909. The monoisotopic (exact) mass is 415 g/mol. The Balaban J connectivity index is 0.00000240. The summed E-state index contributed by atoms with van der Waals surface area (Å²) in [7, 11) is 1.73. The van der Waals surface area contributed by atoms with Crippen molar-refractivity contribution in [2.24, 2.45) is 0 Å². The first-order chi connectivity index (χ1) is 13.8. The summed E-state index contributed by atoms with van der Waals surface area (Å²) in [5.41, 5.74) is 3.50. The summed E-state index contributed by atoms with van der Waals surface area (Å²) >= 11 is 0. The second kappa shape index (κ2) is 10.0. The summed E-state index contributed by atoms with van der Waals surface area (Å²) in [4.78, 5) is 2.54. The van der Waals surface area contributed by atoms with E-state index in [0.29, 0.717) is 6.04 Å². The molecule has 0 saturated carbocycles. The lowest BCUT2D eigenvalue weighted by Gasteiger charge is -2.35. The van der Waals surface area contributed by atoms with Crippen molar-refractivity contribution in [1.29, 1.82) is 0 Å². The molecule has 2 heterocycles. The van der Waals surface area contributed by atoms with Gasteiger partial charge in [0.15, 0.2) is 0 Å². The second-order valence-electron chi connectivity index (χ2n) is 7.45. The average molecular weight is 416 g/mol. The number of ether oxygens (including phenoxy) is 2. The van der Waals surface area contributed by atoms with Crippen LogP contribution in [-0.2, 0) is 12.8 Å². The molecule has 1 unspecified atom stereocenters. The van der Waals surface area contributed by atoms with Gasteiger partial charge in [0.25, 0.3) is 0 Å². The highest BCUT2D eigenvalue weighted by molar-refractivity contribution is 5.85. The van der Waals surface area contributed by atoms with Crippen LogP contribution < -0.4 is 9.47 Å². The zero-order chi connectivity index (χ0) is 19.3. The number of para-hydroxylation sites is 1. The molecule has 5 heteroatoms. The van der Waals surface area contributed by atoms with E-state index in [0.717, 1.165) is 56.0 Å². The molecule has 0 fully saturated rings. The number of benzene rings is 2. The van der Waals surface area contributed by atoms with Crippen molar-refractivity contribution in [1.82, 2.24) is 4.90 Å². The Morgan fingerprint density at radius 2 is 1.97 bits per heavy atom. The molecule has 0 saturated heterocycles. The van der Waals surface area contributed by atoms with Crippen molar-refractivity contribution in [2.75, 3.05) is 26.8 Å². The quantitative estimate of drug-likeness (QED) is 0.454. The number of halogens is 1. The van der Waals surface area contributed by atoms with Crippen LogP contribution in [0, 0.1) is 0 Å². The van der Waals surface area contributed by atoms with E-state index >= 15 is 0 Å². The van der Waals surface area contributed by atoms with Gasteiger partial charge in [-0.2, -0.15) is 0 Å². The molecule has 156 valence electrons. The lowest BCUT2D eigenvalue weighted by molar-refractivity contribution is 0.121. The molecule has 0 bridgehead atoms. The summed E-state index contributed by atoms with van der Waals surface area (Å²) in [6.07, 6.45) is 6.29. The number of furan rings is 1. The summed E-state index contributed by atoms with van der Waals surface area (Å²) < 4.78 is 17.2. The molecule has 4 rings (SSSR count). The summed E-state index contributed by atoms with van der Waals surface area (Å²) in [5, 5.41) is 1.25. The maximum atomic E-state index is 6.04. The minimum atomic E-state index is 0. The largest absolute Gasteiger partial charge is 0.496 e. The van der Waals surface area contributed by atoms with Crippen LogP contribution in [0.4, 0.5) is 0 Å². The molecule has 0 aliphatic carbocycles. The number of nitrogens with zero attached hydrogens (tertiary/aromatic N) is 1. The summed E-state index contributed by atoms with van der Waals surface area (Å²) in [5.74, 6) is 1.91. The van der Waals surface area contributed by atoms with Crippen LogP contribution >= 0.6 is 12.4 Å². The topological polar surface area (TPSA) is 34.8 Å². The number of hydrogen-bond donors (Lipinski definition) is 0. The Hall–Kier alpha value is -2.17. The molecule has 1 aliphatic heterocycles. The minimum Gasteiger partial charge on any atom is -0.496 e. The Morgan fingerprint density at radius 1 is 1.10 bits per heavy atom. The van der Waals surface area contributed by atoms with Crippen LogP contribution in [0.2, 0.25) is 0 Å². The number of unbranched alkanes of at least 4 members (excludes halogenated alkanes) is 1. The second-order valence-corrected chi connectivity index (χ2v) is 7.45. The van der Waals surface area contributed by atoms with Crippen molar-refractivity contribution >= 4 is 23.4 Å². The van der Waals surface area contributed by atoms with Gasteiger partial charge >= 0.3 is 0 Å². The van der Waals surface area contributed by atoms with Gasteiger partial charge in [-0.3, -0.25) is 4.90 Å². The number of likely N-dealkylation sites (N-methyl/N-ethyl adjacent to an activating group) is 1. The fraction of sp³-hybridized carbons (Fsp3) is 0.417. The van der Waals surface area contributed by atoms with Crippen molar-refractivity contribution < 1.29 is 13.9 Å². The number of fused-ring (bicyclic) bond motifs is 2.